The van der Waals surface area contributed by atoms with E-state index in [-0.39, 0.29) is 28.8 Å². The van der Waals surface area contributed by atoms with Gasteiger partial charge >= 0.3 is 0 Å². The summed E-state index contributed by atoms with van der Waals surface area (Å²) in [4.78, 5) is 38.4. The van der Waals surface area contributed by atoms with Crippen LogP contribution in [0.2, 0.25) is 0 Å². The van der Waals surface area contributed by atoms with Gasteiger partial charge in [0.15, 0.2) is 0 Å². The average molecular weight is 290 g/mol. The topological polar surface area (TPSA) is 57.7 Å². The summed E-state index contributed by atoms with van der Waals surface area (Å²) in [6.07, 6.45) is 0. The van der Waals surface area contributed by atoms with Crippen molar-refractivity contribution in [1.29, 1.82) is 0 Å². The van der Waals surface area contributed by atoms with Gasteiger partial charge in [0.05, 0.1) is 11.8 Å². The Labute approximate surface area is 120 Å². The van der Waals surface area contributed by atoms with Crippen molar-refractivity contribution in [3.8, 4) is 0 Å². The second-order valence-electron chi connectivity index (χ2n) is 5.05. The van der Waals surface area contributed by atoms with Crippen LogP contribution in [0.5, 0.6) is 0 Å². The van der Waals surface area contributed by atoms with Crippen molar-refractivity contribution in [2.75, 3.05) is 18.8 Å². The highest BCUT2D eigenvalue weighted by Crippen LogP contribution is 2.26. The fourth-order valence-electron chi connectivity index (χ4n) is 2.46. The third-order valence-corrected chi connectivity index (χ3v) is 4.40. The van der Waals surface area contributed by atoms with Crippen LogP contribution in [-0.2, 0) is 4.79 Å². The summed E-state index contributed by atoms with van der Waals surface area (Å²) in [5.74, 6) is 0.0330. The number of thioether (sulfide) groups is 1. The quantitative estimate of drug-likeness (QED) is 0.828. The molecule has 5 nitrogen and oxygen atoms in total. The SMILES string of the molecule is Cc1cccc(C(=O)N2CC(N3C(=O)CSC3=O)C2)c1. The number of aryl methyl sites for hydroxylation is 1. The lowest BCUT2D eigenvalue weighted by Gasteiger charge is -2.42. The van der Waals surface area contributed by atoms with Crippen LogP contribution in [0.25, 0.3) is 0 Å². The van der Waals surface area contributed by atoms with Crippen LogP contribution >= 0.6 is 11.8 Å². The summed E-state index contributed by atoms with van der Waals surface area (Å²) >= 11 is 1.03. The number of likely N-dealkylation sites (tertiary alicyclic amines) is 1. The molecule has 0 bridgehead atoms. The number of carbonyl (C=O) groups is 3. The van der Waals surface area contributed by atoms with Gasteiger partial charge in [-0.25, -0.2) is 0 Å². The highest BCUT2D eigenvalue weighted by Gasteiger charge is 2.43. The van der Waals surface area contributed by atoms with Gasteiger partial charge in [0.2, 0.25) is 5.91 Å². The first-order valence-corrected chi connectivity index (χ1v) is 7.39. The van der Waals surface area contributed by atoms with Gasteiger partial charge in [-0.15, -0.1) is 0 Å². The van der Waals surface area contributed by atoms with Gasteiger partial charge in [-0.1, -0.05) is 29.5 Å². The summed E-state index contributed by atoms with van der Waals surface area (Å²) in [6.45, 7) is 2.81. The highest BCUT2D eigenvalue weighted by molar-refractivity contribution is 8.14. The van der Waals surface area contributed by atoms with Crippen LogP contribution < -0.4 is 0 Å². The van der Waals surface area contributed by atoms with E-state index in [0.717, 1.165) is 17.3 Å². The predicted molar refractivity (Wildman–Crippen MR) is 75.6 cm³/mol. The molecule has 0 aromatic heterocycles. The van der Waals surface area contributed by atoms with Crippen LogP contribution in [0.15, 0.2) is 24.3 Å². The molecule has 3 rings (SSSR count). The van der Waals surface area contributed by atoms with E-state index in [2.05, 4.69) is 0 Å². The molecule has 0 atom stereocenters. The van der Waals surface area contributed by atoms with Crippen molar-refractivity contribution in [3.05, 3.63) is 35.4 Å². The normalized spacial score (nSPS) is 19.4. The van der Waals surface area contributed by atoms with E-state index in [9.17, 15) is 14.4 Å². The van der Waals surface area contributed by atoms with E-state index in [1.165, 1.54) is 4.90 Å². The first-order chi connectivity index (χ1) is 9.56. The summed E-state index contributed by atoms with van der Waals surface area (Å²) < 4.78 is 0. The van der Waals surface area contributed by atoms with Crippen LogP contribution in [0, 0.1) is 6.92 Å². The molecule has 104 valence electrons. The van der Waals surface area contributed by atoms with Gasteiger partial charge < -0.3 is 4.90 Å². The molecule has 2 heterocycles. The molecule has 2 aliphatic rings. The van der Waals surface area contributed by atoms with Gasteiger partial charge in [0, 0.05) is 18.7 Å². The summed E-state index contributed by atoms with van der Waals surface area (Å²) in [6, 6.07) is 7.26. The zero-order valence-electron chi connectivity index (χ0n) is 11.0. The molecule has 6 heteroatoms. The van der Waals surface area contributed by atoms with Crippen LogP contribution in [0.1, 0.15) is 15.9 Å². The van der Waals surface area contributed by atoms with Gasteiger partial charge in [-0.3, -0.25) is 19.3 Å². The number of carbonyl (C=O) groups excluding carboxylic acids is 3. The third kappa shape index (κ3) is 2.20. The van der Waals surface area contributed by atoms with Gasteiger partial charge in [0.1, 0.15) is 0 Å². The van der Waals surface area contributed by atoms with Crippen molar-refractivity contribution < 1.29 is 14.4 Å². The number of nitrogens with zero attached hydrogens (tertiary/aromatic N) is 2. The van der Waals surface area contributed by atoms with Crippen LogP contribution in [0.3, 0.4) is 0 Å². The lowest BCUT2D eigenvalue weighted by atomic mass is 10.0. The maximum Gasteiger partial charge on any atom is 0.289 e. The zero-order valence-corrected chi connectivity index (χ0v) is 11.9. The minimum Gasteiger partial charge on any atom is -0.334 e. The molecule has 0 N–H and O–H groups in total. The molecule has 0 saturated carbocycles. The van der Waals surface area contributed by atoms with Crippen molar-refractivity contribution in [3.63, 3.8) is 0 Å². The maximum atomic E-state index is 12.2. The van der Waals surface area contributed by atoms with Gasteiger partial charge in [0.25, 0.3) is 11.1 Å². The Hall–Kier alpha value is -1.82. The molecule has 2 fully saturated rings. The Balaban J connectivity index is 1.64. The average Bonchev–Trinajstić information content (AvgIpc) is 2.69. The fraction of sp³-hybridized carbons (Fsp3) is 0.357. The molecule has 3 amide bonds. The predicted octanol–water partition coefficient (Wildman–Crippen LogP) is 1.51. The second-order valence-corrected chi connectivity index (χ2v) is 5.98. The highest BCUT2D eigenvalue weighted by atomic mass is 32.2. The lowest BCUT2D eigenvalue weighted by molar-refractivity contribution is -0.128. The molecule has 0 unspecified atom stereocenters. The molecule has 1 aromatic rings. The monoisotopic (exact) mass is 290 g/mol. The number of imide groups is 1. The standard InChI is InChI=1S/C14H14N2O3S/c1-9-3-2-4-10(5-9)13(18)15-6-11(7-15)16-12(17)8-20-14(16)19/h2-5,11H,6-8H2,1H3. The van der Waals surface area contributed by atoms with E-state index in [0.29, 0.717) is 18.7 Å². The van der Waals surface area contributed by atoms with E-state index >= 15 is 0 Å². The number of amides is 3. The Kier molecular flexibility index (Phi) is 3.25. The molecule has 20 heavy (non-hydrogen) atoms. The molecule has 2 aliphatic heterocycles. The smallest absolute Gasteiger partial charge is 0.289 e. The van der Waals surface area contributed by atoms with Gasteiger partial charge in [-0.2, -0.15) is 0 Å². The van der Waals surface area contributed by atoms with Crippen LogP contribution in [0.4, 0.5) is 4.79 Å². The Morgan fingerprint density at radius 1 is 1.30 bits per heavy atom. The fourth-order valence-corrected chi connectivity index (χ4v) is 3.24. The summed E-state index contributed by atoms with van der Waals surface area (Å²) in [5.41, 5.74) is 1.69. The van der Waals surface area contributed by atoms with Crippen LogP contribution in [-0.4, -0.2) is 51.7 Å². The van der Waals surface area contributed by atoms with Crippen molar-refractivity contribution in [2.45, 2.75) is 13.0 Å². The Morgan fingerprint density at radius 2 is 2.05 bits per heavy atom. The number of rotatable bonds is 2. The summed E-state index contributed by atoms with van der Waals surface area (Å²) in [7, 11) is 0. The van der Waals surface area contributed by atoms with E-state index in [1.807, 2.05) is 25.1 Å². The molecule has 2 saturated heterocycles. The van der Waals surface area contributed by atoms with E-state index in [4.69, 9.17) is 0 Å². The molecular formula is C14H14N2O3S. The Bertz CT molecular complexity index is 580. The summed E-state index contributed by atoms with van der Waals surface area (Å²) in [5, 5.41) is -0.192. The van der Waals surface area contributed by atoms with E-state index in [1.54, 1.807) is 11.0 Å². The van der Waals surface area contributed by atoms with Gasteiger partial charge in [-0.05, 0) is 19.1 Å². The minimum atomic E-state index is -0.192. The number of hydrogen-bond acceptors (Lipinski definition) is 4. The molecule has 0 radical (unpaired) electrons. The van der Waals surface area contributed by atoms with Crippen molar-refractivity contribution >= 4 is 28.8 Å². The van der Waals surface area contributed by atoms with Crippen molar-refractivity contribution in [2.24, 2.45) is 0 Å². The Morgan fingerprint density at radius 3 is 2.65 bits per heavy atom. The molecular weight excluding hydrogens is 276 g/mol. The zero-order chi connectivity index (χ0) is 14.3. The number of benzene rings is 1. The largest absolute Gasteiger partial charge is 0.334 e. The lowest BCUT2D eigenvalue weighted by Crippen LogP contribution is -2.62. The molecule has 0 spiro atoms. The maximum absolute atomic E-state index is 12.2. The second kappa shape index (κ2) is 4.94. The first kappa shape index (κ1) is 13.2. The minimum absolute atomic E-state index is 0.0447. The van der Waals surface area contributed by atoms with E-state index < -0.39 is 0 Å². The first-order valence-electron chi connectivity index (χ1n) is 6.41. The number of hydrogen-bond donors (Lipinski definition) is 0. The van der Waals surface area contributed by atoms with Crippen molar-refractivity contribution in [1.82, 2.24) is 9.80 Å². The molecule has 1 aromatic carbocycles. The third-order valence-electron chi connectivity index (χ3n) is 3.56. The molecule has 0 aliphatic carbocycles.